The summed E-state index contributed by atoms with van der Waals surface area (Å²) in [6.45, 7) is 0.184. The summed E-state index contributed by atoms with van der Waals surface area (Å²) < 4.78 is 6.83. The van der Waals surface area contributed by atoms with Gasteiger partial charge in [0.1, 0.15) is 6.04 Å². The molecule has 4 atom stereocenters. The van der Waals surface area contributed by atoms with E-state index in [1.165, 1.54) is 7.11 Å². The number of ether oxygens (including phenoxy) is 1. The molecule has 2 aliphatic carbocycles. The number of aliphatic hydroxyl groups is 1. The number of methoxy groups -OCH3 is 1. The van der Waals surface area contributed by atoms with Crippen molar-refractivity contribution in [2.75, 3.05) is 13.7 Å². The van der Waals surface area contributed by atoms with Crippen molar-refractivity contribution in [2.24, 2.45) is 17.8 Å². The van der Waals surface area contributed by atoms with Gasteiger partial charge in [-0.1, -0.05) is 18.9 Å². The van der Waals surface area contributed by atoms with Crippen LogP contribution in [-0.4, -0.2) is 46.2 Å². The van der Waals surface area contributed by atoms with Gasteiger partial charge in [0.05, 0.1) is 13.2 Å². The third kappa shape index (κ3) is 3.08. The van der Waals surface area contributed by atoms with E-state index >= 15 is 0 Å². The molecule has 1 saturated heterocycles. The third-order valence-electron chi connectivity index (χ3n) is 7.86. The molecule has 7 nitrogen and oxygen atoms in total. The lowest BCUT2D eigenvalue weighted by molar-refractivity contribution is -0.155. The Balaban J connectivity index is 1.59. The number of rotatable bonds is 4. The van der Waals surface area contributed by atoms with E-state index in [4.69, 9.17) is 4.74 Å². The maximum Gasteiger partial charge on any atom is 0.328 e. The number of hydrogen-bond donors (Lipinski definition) is 1. The van der Waals surface area contributed by atoms with E-state index in [1.807, 2.05) is 12.1 Å². The average molecular weight is 427 g/mol. The zero-order valence-electron chi connectivity index (χ0n) is 18.0. The van der Waals surface area contributed by atoms with Crippen LogP contribution in [0.25, 0.3) is 5.57 Å². The molecule has 1 saturated carbocycles. The average Bonchev–Trinajstić information content (AvgIpc) is 3.57. The number of hydrogen-bond acceptors (Lipinski definition) is 5. The molecule has 4 aliphatic rings. The second-order valence-corrected chi connectivity index (χ2v) is 9.36. The van der Waals surface area contributed by atoms with Crippen molar-refractivity contribution in [3.8, 4) is 0 Å². The van der Waals surface area contributed by atoms with E-state index < -0.39 is 17.9 Å². The third-order valence-corrected chi connectivity index (χ3v) is 7.86. The van der Waals surface area contributed by atoms with Gasteiger partial charge in [-0.05, 0) is 49.8 Å². The van der Waals surface area contributed by atoms with E-state index in [2.05, 4.69) is 6.08 Å². The lowest BCUT2D eigenvalue weighted by atomic mass is 9.88. The fourth-order valence-corrected chi connectivity index (χ4v) is 6.36. The van der Waals surface area contributed by atoms with Crippen LogP contribution in [0, 0.1) is 17.8 Å². The van der Waals surface area contributed by atoms with Crippen molar-refractivity contribution in [2.45, 2.75) is 63.6 Å². The molecule has 166 valence electrons. The quantitative estimate of drug-likeness (QED) is 0.746. The lowest BCUT2D eigenvalue weighted by Crippen LogP contribution is -2.48. The fraction of sp³-hybridized carbons (Fsp3) is 0.625. The second-order valence-electron chi connectivity index (χ2n) is 9.36. The molecule has 0 spiro atoms. The molecule has 1 N–H and O–H groups in total. The Morgan fingerprint density at radius 3 is 2.61 bits per heavy atom. The van der Waals surface area contributed by atoms with Crippen LogP contribution in [0.15, 0.2) is 23.0 Å². The number of allylic oxidation sites excluding steroid dienone is 2. The first-order chi connectivity index (χ1) is 15.1. The van der Waals surface area contributed by atoms with Crippen LogP contribution in [0.1, 0.15) is 62.2 Å². The number of amides is 1. The monoisotopic (exact) mass is 426 g/mol. The Morgan fingerprint density at radius 2 is 1.97 bits per heavy atom. The number of aromatic nitrogens is 1. The van der Waals surface area contributed by atoms with E-state index in [1.54, 1.807) is 9.47 Å². The van der Waals surface area contributed by atoms with E-state index in [0.717, 1.165) is 61.8 Å². The molecular weight excluding hydrogens is 396 g/mol. The molecular formula is C24H30N2O5. The molecule has 1 amide bonds. The lowest BCUT2D eigenvalue weighted by Gasteiger charge is -2.32. The zero-order valence-corrected chi connectivity index (χ0v) is 18.0. The van der Waals surface area contributed by atoms with Gasteiger partial charge < -0.3 is 19.3 Å². The van der Waals surface area contributed by atoms with Gasteiger partial charge in [0.15, 0.2) is 0 Å². The molecule has 2 aliphatic heterocycles. The Bertz CT molecular complexity index is 990. The number of likely N-dealkylation sites (tertiary alicyclic amines) is 1. The summed E-state index contributed by atoms with van der Waals surface area (Å²) >= 11 is 0. The molecule has 1 aromatic heterocycles. The Kier molecular flexibility index (Phi) is 5.24. The van der Waals surface area contributed by atoms with Gasteiger partial charge in [0.2, 0.25) is 5.91 Å². The molecule has 0 aromatic carbocycles. The maximum atomic E-state index is 13.6. The van der Waals surface area contributed by atoms with Gasteiger partial charge in [-0.2, -0.15) is 0 Å². The first kappa shape index (κ1) is 20.5. The Labute approximate surface area is 181 Å². The number of esters is 1. The summed E-state index contributed by atoms with van der Waals surface area (Å²) in [5, 5.41) is 10.2. The van der Waals surface area contributed by atoms with Crippen molar-refractivity contribution < 1.29 is 19.4 Å². The normalized spacial score (nSPS) is 29.7. The smallest absolute Gasteiger partial charge is 0.328 e. The van der Waals surface area contributed by atoms with Crippen LogP contribution in [0.4, 0.5) is 0 Å². The van der Waals surface area contributed by atoms with Crippen molar-refractivity contribution >= 4 is 17.4 Å². The highest BCUT2D eigenvalue weighted by Crippen LogP contribution is 2.50. The number of pyridine rings is 1. The van der Waals surface area contributed by atoms with Crippen LogP contribution >= 0.6 is 0 Å². The van der Waals surface area contributed by atoms with Crippen molar-refractivity contribution in [1.82, 2.24) is 9.47 Å². The number of aliphatic hydroxyl groups excluding tert-OH is 1. The SMILES string of the molecule is COC(=O)[C@H]1[C@H](CO)[C@H]2Cn3c(ccc(C4=CCCC4)c3=O)[C@H]2N1C(=O)C1CCCC1. The minimum atomic E-state index is -0.806. The molecule has 0 radical (unpaired) electrons. The summed E-state index contributed by atoms with van der Waals surface area (Å²) in [4.78, 5) is 41.4. The van der Waals surface area contributed by atoms with Crippen molar-refractivity contribution in [1.29, 1.82) is 0 Å². The van der Waals surface area contributed by atoms with Gasteiger partial charge in [-0.3, -0.25) is 9.59 Å². The van der Waals surface area contributed by atoms with Gasteiger partial charge in [0, 0.05) is 42.2 Å². The van der Waals surface area contributed by atoms with Crippen molar-refractivity contribution in [3.05, 3.63) is 39.8 Å². The minimum Gasteiger partial charge on any atom is -0.467 e. The molecule has 1 aromatic rings. The molecule has 0 unspecified atom stereocenters. The highest BCUT2D eigenvalue weighted by atomic mass is 16.5. The fourth-order valence-electron chi connectivity index (χ4n) is 6.36. The first-order valence-corrected chi connectivity index (χ1v) is 11.5. The number of nitrogens with zero attached hydrogens (tertiary/aromatic N) is 2. The summed E-state index contributed by atoms with van der Waals surface area (Å²) in [7, 11) is 1.32. The predicted octanol–water partition coefficient (Wildman–Crippen LogP) is 2.27. The molecule has 2 fully saturated rings. The minimum absolute atomic E-state index is 0.0281. The number of carbonyl (C=O) groups is 2. The first-order valence-electron chi connectivity index (χ1n) is 11.5. The summed E-state index contributed by atoms with van der Waals surface area (Å²) in [5.74, 6) is -1.26. The molecule has 31 heavy (non-hydrogen) atoms. The van der Waals surface area contributed by atoms with E-state index in [9.17, 15) is 19.5 Å². The van der Waals surface area contributed by atoms with Gasteiger partial charge in [0.25, 0.3) is 5.56 Å². The van der Waals surface area contributed by atoms with E-state index in [-0.39, 0.29) is 36.0 Å². The standard InChI is InChI=1S/C24H30N2O5/c1-31-24(30)21-18(13-27)17-12-25-19(11-10-16(23(25)29)14-6-2-3-7-14)20(17)26(21)22(28)15-8-4-5-9-15/h6,10-11,15,17-18,20-21,27H,2-5,7-9,12-13H2,1H3/t17-,18-,20+,21-/m1/s1. The summed E-state index contributed by atoms with van der Waals surface area (Å²) in [6.07, 6.45) is 8.79. The van der Waals surface area contributed by atoms with Crippen molar-refractivity contribution in [3.63, 3.8) is 0 Å². The van der Waals surface area contributed by atoms with E-state index in [0.29, 0.717) is 6.54 Å². The Morgan fingerprint density at radius 1 is 1.19 bits per heavy atom. The maximum absolute atomic E-state index is 13.6. The van der Waals surface area contributed by atoms with Gasteiger partial charge in [-0.15, -0.1) is 0 Å². The van der Waals surface area contributed by atoms with Crippen LogP contribution in [0.5, 0.6) is 0 Å². The predicted molar refractivity (Wildman–Crippen MR) is 114 cm³/mol. The van der Waals surface area contributed by atoms with Crippen LogP contribution in [0.2, 0.25) is 0 Å². The molecule has 0 bridgehead atoms. The highest BCUT2D eigenvalue weighted by Gasteiger charge is 2.58. The molecule has 3 heterocycles. The van der Waals surface area contributed by atoms with Gasteiger partial charge in [-0.25, -0.2) is 4.79 Å². The largest absolute Gasteiger partial charge is 0.467 e. The molecule has 7 heteroatoms. The number of carbonyl (C=O) groups excluding carboxylic acids is 2. The summed E-state index contributed by atoms with van der Waals surface area (Å²) in [5.41, 5.74) is 2.58. The number of fused-ring (bicyclic) bond motifs is 3. The van der Waals surface area contributed by atoms with Crippen LogP contribution < -0.4 is 5.56 Å². The summed E-state index contributed by atoms with van der Waals surface area (Å²) in [6, 6.07) is 2.64. The zero-order chi connectivity index (χ0) is 21.7. The second kappa shape index (κ2) is 7.93. The van der Waals surface area contributed by atoms with Gasteiger partial charge >= 0.3 is 5.97 Å². The molecule has 5 rings (SSSR count). The van der Waals surface area contributed by atoms with Crippen LogP contribution in [0.3, 0.4) is 0 Å². The van der Waals surface area contributed by atoms with Crippen LogP contribution in [-0.2, 0) is 20.9 Å². The topological polar surface area (TPSA) is 88.8 Å². The highest BCUT2D eigenvalue weighted by molar-refractivity contribution is 5.87. The Hall–Kier alpha value is -2.41.